The van der Waals surface area contributed by atoms with E-state index < -0.39 is 11.6 Å². The van der Waals surface area contributed by atoms with Crippen LogP contribution in [0.1, 0.15) is 27.7 Å². The Morgan fingerprint density at radius 3 is 2.53 bits per heavy atom. The first-order chi connectivity index (χ1) is 8.69. The lowest BCUT2D eigenvalue weighted by atomic mass is 10.1. The summed E-state index contributed by atoms with van der Waals surface area (Å²) in [5.74, 6) is -1.72. The number of nitrogens with one attached hydrogen (secondary N) is 1. The van der Waals surface area contributed by atoms with Crippen molar-refractivity contribution in [2.75, 3.05) is 13.2 Å². The lowest BCUT2D eigenvalue weighted by Crippen LogP contribution is -2.39. The van der Waals surface area contributed by atoms with E-state index in [1.54, 1.807) is 0 Å². The minimum atomic E-state index is -0.945. The van der Waals surface area contributed by atoms with Crippen molar-refractivity contribution in [1.29, 1.82) is 0 Å². The monoisotopic (exact) mass is 335 g/mol. The zero-order valence-electron chi connectivity index (χ0n) is 11.7. The van der Waals surface area contributed by atoms with Crippen molar-refractivity contribution < 1.29 is 13.5 Å². The van der Waals surface area contributed by atoms with Crippen LogP contribution in [-0.2, 0) is 0 Å². The SMILES string of the molecule is CC(CNC(C)(C)C)COc1cc(Br)cc(F)c1F. The van der Waals surface area contributed by atoms with Gasteiger partial charge in [0.1, 0.15) is 0 Å². The number of hydrogen-bond donors (Lipinski definition) is 1. The van der Waals surface area contributed by atoms with E-state index in [2.05, 4.69) is 42.0 Å². The molecular formula is C14H20BrF2NO. The molecule has 0 aliphatic rings. The molecule has 5 heteroatoms. The Balaban J connectivity index is 2.53. The van der Waals surface area contributed by atoms with Crippen molar-refractivity contribution in [2.45, 2.75) is 33.2 Å². The van der Waals surface area contributed by atoms with E-state index in [9.17, 15) is 8.78 Å². The Hall–Kier alpha value is -0.680. The minimum absolute atomic E-state index is 0.0292. The summed E-state index contributed by atoms with van der Waals surface area (Å²) in [5, 5.41) is 3.34. The van der Waals surface area contributed by atoms with Gasteiger partial charge in [-0.3, -0.25) is 0 Å². The number of halogens is 3. The fourth-order valence-corrected chi connectivity index (χ4v) is 1.82. The van der Waals surface area contributed by atoms with E-state index in [1.165, 1.54) is 6.07 Å². The lowest BCUT2D eigenvalue weighted by molar-refractivity contribution is 0.233. The van der Waals surface area contributed by atoms with Gasteiger partial charge in [-0.05, 0) is 32.9 Å². The molecule has 1 aromatic carbocycles. The van der Waals surface area contributed by atoms with Crippen LogP contribution in [-0.4, -0.2) is 18.7 Å². The fraction of sp³-hybridized carbons (Fsp3) is 0.571. The average Bonchev–Trinajstić information content (AvgIpc) is 2.28. The van der Waals surface area contributed by atoms with Gasteiger partial charge >= 0.3 is 0 Å². The molecule has 0 bridgehead atoms. The van der Waals surface area contributed by atoms with Gasteiger partial charge in [-0.1, -0.05) is 22.9 Å². The third-order valence-electron chi connectivity index (χ3n) is 2.46. The second-order valence-electron chi connectivity index (χ2n) is 5.75. The molecule has 0 aromatic heterocycles. The van der Waals surface area contributed by atoms with Crippen LogP contribution in [0.15, 0.2) is 16.6 Å². The van der Waals surface area contributed by atoms with Crippen molar-refractivity contribution in [3.63, 3.8) is 0 Å². The van der Waals surface area contributed by atoms with Crippen molar-refractivity contribution in [3.05, 3.63) is 28.2 Å². The van der Waals surface area contributed by atoms with Gasteiger partial charge in [0.25, 0.3) is 0 Å². The van der Waals surface area contributed by atoms with Crippen LogP contribution in [0.3, 0.4) is 0 Å². The molecule has 0 aliphatic carbocycles. The largest absolute Gasteiger partial charge is 0.490 e. The van der Waals surface area contributed by atoms with Crippen molar-refractivity contribution in [3.8, 4) is 5.75 Å². The number of ether oxygens (including phenoxy) is 1. The van der Waals surface area contributed by atoms with Gasteiger partial charge < -0.3 is 10.1 Å². The highest BCUT2D eigenvalue weighted by Crippen LogP contribution is 2.25. The quantitative estimate of drug-likeness (QED) is 0.817. The van der Waals surface area contributed by atoms with Crippen molar-refractivity contribution >= 4 is 15.9 Å². The molecule has 0 radical (unpaired) electrons. The molecular weight excluding hydrogens is 316 g/mol. The Labute approximate surface area is 121 Å². The van der Waals surface area contributed by atoms with Crippen molar-refractivity contribution in [2.24, 2.45) is 5.92 Å². The molecule has 1 N–H and O–H groups in total. The van der Waals surface area contributed by atoms with Crippen molar-refractivity contribution in [1.82, 2.24) is 5.32 Å². The summed E-state index contributed by atoms with van der Waals surface area (Å²) in [6.45, 7) is 9.29. The highest BCUT2D eigenvalue weighted by molar-refractivity contribution is 9.10. The second-order valence-corrected chi connectivity index (χ2v) is 6.66. The van der Waals surface area contributed by atoms with Gasteiger partial charge in [0.05, 0.1) is 6.61 Å². The maximum atomic E-state index is 13.5. The third-order valence-corrected chi connectivity index (χ3v) is 2.92. The molecule has 0 spiro atoms. The molecule has 0 fully saturated rings. The maximum absolute atomic E-state index is 13.5. The summed E-state index contributed by atoms with van der Waals surface area (Å²) in [4.78, 5) is 0. The van der Waals surface area contributed by atoms with Gasteiger partial charge in [0.15, 0.2) is 11.6 Å². The van der Waals surface area contributed by atoms with E-state index in [-0.39, 0.29) is 17.2 Å². The summed E-state index contributed by atoms with van der Waals surface area (Å²) < 4.78 is 32.4. The van der Waals surface area contributed by atoms with Crippen LogP contribution in [0.4, 0.5) is 8.78 Å². The highest BCUT2D eigenvalue weighted by atomic mass is 79.9. The molecule has 0 saturated carbocycles. The van der Waals surface area contributed by atoms with E-state index in [4.69, 9.17) is 4.74 Å². The predicted octanol–water partition coefficient (Wildman–Crippen LogP) is 4.13. The zero-order chi connectivity index (χ0) is 14.6. The van der Waals surface area contributed by atoms with E-state index in [1.807, 2.05) is 6.92 Å². The summed E-state index contributed by atoms with van der Waals surface area (Å²) in [6, 6.07) is 2.51. The maximum Gasteiger partial charge on any atom is 0.200 e. The summed E-state index contributed by atoms with van der Waals surface area (Å²) in [7, 11) is 0. The topological polar surface area (TPSA) is 21.3 Å². The first kappa shape index (κ1) is 16.4. The van der Waals surface area contributed by atoms with Gasteiger partial charge in [0.2, 0.25) is 5.82 Å². The first-order valence-corrected chi connectivity index (χ1v) is 7.00. The molecule has 0 aliphatic heterocycles. The van der Waals surface area contributed by atoms with E-state index >= 15 is 0 Å². The van der Waals surface area contributed by atoms with Crippen LogP contribution >= 0.6 is 15.9 Å². The van der Waals surface area contributed by atoms with Crippen LogP contribution < -0.4 is 10.1 Å². The lowest BCUT2D eigenvalue weighted by Gasteiger charge is -2.23. The molecule has 1 unspecified atom stereocenters. The van der Waals surface area contributed by atoms with Gasteiger partial charge in [0, 0.05) is 22.5 Å². The summed E-state index contributed by atoms with van der Waals surface area (Å²) >= 11 is 3.11. The normalized spacial score (nSPS) is 13.4. The van der Waals surface area contributed by atoms with E-state index in [0.29, 0.717) is 11.1 Å². The molecule has 0 saturated heterocycles. The second kappa shape index (κ2) is 6.66. The highest BCUT2D eigenvalue weighted by Gasteiger charge is 2.14. The number of rotatable bonds is 5. The van der Waals surface area contributed by atoms with Crippen LogP contribution in [0.2, 0.25) is 0 Å². The smallest absolute Gasteiger partial charge is 0.200 e. The zero-order valence-corrected chi connectivity index (χ0v) is 13.3. The molecule has 1 aromatic rings. The molecule has 1 atom stereocenters. The van der Waals surface area contributed by atoms with Gasteiger partial charge in [-0.25, -0.2) is 4.39 Å². The predicted molar refractivity (Wildman–Crippen MR) is 76.5 cm³/mol. The Bertz CT molecular complexity index is 432. The fourth-order valence-electron chi connectivity index (χ4n) is 1.41. The molecule has 0 heterocycles. The molecule has 1 rings (SSSR count). The standard InChI is InChI=1S/C14H20BrF2NO/c1-9(7-18-14(2,3)4)8-19-12-6-10(15)5-11(16)13(12)17/h5-6,9,18H,7-8H2,1-4H3. The molecule has 2 nitrogen and oxygen atoms in total. The molecule has 19 heavy (non-hydrogen) atoms. The van der Waals surface area contributed by atoms with E-state index in [0.717, 1.165) is 12.6 Å². The average molecular weight is 336 g/mol. The van der Waals surface area contributed by atoms with Crippen LogP contribution in [0.25, 0.3) is 0 Å². The van der Waals surface area contributed by atoms with Gasteiger partial charge in [-0.2, -0.15) is 4.39 Å². The minimum Gasteiger partial charge on any atom is -0.490 e. The molecule has 0 amide bonds. The summed E-state index contributed by atoms with van der Waals surface area (Å²) in [5.41, 5.74) is 0.0292. The first-order valence-electron chi connectivity index (χ1n) is 6.21. The Morgan fingerprint density at radius 2 is 1.95 bits per heavy atom. The van der Waals surface area contributed by atoms with Crippen LogP contribution in [0.5, 0.6) is 5.75 Å². The third kappa shape index (κ3) is 5.87. The van der Waals surface area contributed by atoms with Crippen LogP contribution in [0, 0.1) is 17.6 Å². The number of benzene rings is 1. The Morgan fingerprint density at radius 1 is 1.32 bits per heavy atom. The summed E-state index contributed by atoms with van der Waals surface area (Å²) in [6.07, 6.45) is 0. The number of hydrogen-bond acceptors (Lipinski definition) is 2. The molecule has 108 valence electrons. The Kier molecular flexibility index (Phi) is 5.74. The van der Waals surface area contributed by atoms with Gasteiger partial charge in [-0.15, -0.1) is 0 Å².